The van der Waals surface area contributed by atoms with Crippen LogP contribution in [0.15, 0.2) is 41.7 Å². The van der Waals surface area contributed by atoms with E-state index in [1.165, 1.54) is 50.5 Å². The van der Waals surface area contributed by atoms with Crippen LogP contribution in [0.1, 0.15) is 86.8 Å². The summed E-state index contributed by atoms with van der Waals surface area (Å²) in [6.45, 7) is 22.4. The average molecular weight is 391 g/mol. The van der Waals surface area contributed by atoms with Gasteiger partial charge in [0.15, 0.2) is 0 Å². The third-order valence-corrected chi connectivity index (χ3v) is 6.52. The molecule has 0 amide bonds. The number of allylic oxidation sites excluding steroid dienone is 2. The summed E-state index contributed by atoms with van der Waals surface area (Å²) in [6, 6.07) is 11.5. The van der Waals surface area contributed by atoms with E-state index in [0.29, 0.717) is 11.8 Å². The van der Waals surface area contributed by atoms with Crippen LogP contribution in [0.5, 0.6) is 0 Å². The summed E-state index contributed by atoms with van der Waals surface area (Å²) < 4.78 is 0. The Labute approximate surface area is 178 Å². The van der Waals surface area contributed by atoms with Crippen LogP contribution in [0.2, 0.25) is 0 Å². The lowest BCUT2D eigenvalue weighted by molar-refractivity contribution is 0.368. The molecule has 0 bridgehead atoms. The van der Waals surface area contributed by atoms with Gasteiger partial charge < -0.3 is 9.80 Å². The van der Waals surface area contributed by atoms with Crippen LogP contribution in [0.25, 0.3) is 0 Å². The van der Waals surface area contributed by atoms with Crippen molar-refractivity contribution in [3.63, 3.8) is 0 Å². The summed E-state index contributed by atoms with van der Waals surface area (Å²) in [6.07, 6.45) is 0. The Bertz CT molecular complexity index is 884. The van der Waals surface area contributed by atoms with Gasteiger partial charge in [-0.15, -0.1) is 0 Å². The van der Waals surface area contributed by atoms with Gasteiger partial charge in [0, 0.05) is 23.6 Å². The van der Waals surface area contributed by atoms with Crippen LogP contribution in [0.4, 0.5) is 5.69 Å². The molecule has 0 atom stereocenters. The number of para-hydroxylation sites is 1. The molecule has 0 radical (unpaired) electrons. The summed E-state index contributed by atoms with van der Waals surface area (Å²) in [7, 11) is 0. The number of nitrogens with zero attached hydrogens (tertiary/aromatic N) is 2. The standard InChI is InChI=1S/C27H38N2/c1-17(2)24-11-10-12-25(18(3)4)27(24)29-16-28(22(8)23(29)9)15-26-20(6)13-19(5)14-21(26)7/h10-14,17-18H,15-16H2,1-9H3. The summed E-state index contributed by atoms with van der Waals surface area (Å²) >= 11 is 0. The Hall–Kier alpha value is -2.22. The Morgan fingerprint density at radius 3 is 1.79 bits per heavy atom. The minimum Gasteiger partial charge on any atom is -0.351 e. The monoisotopic (exact) mass is 390 g/mol. The number of hydrogen-bond acceptors (Lipinski definition) is 2. The zero-order chi connectivity index (χ0) is 21.5. The maximum atomic E-state index is 2.55. The van der Waals surface area contributed by atoms with E-state index in [9.17, 15) is 0 Å². The molecule has 0 fully saturated rings. The Balaban J connectivity index is 2.00. The first-order valence-electron chi connectivity index (χ1n) is 11.0. The van der Waals surface area contributed by atoms with Crippen molar-refractivity contribution >= 4 is 5.69 Å². The lowest BCUT2D eigenvalue weighted by Gasteiger charge is -2.30. The van der Waals surface area contributed by atoms with Gasteiger partial charge in [-0.1, -0.05) is 63.6 Å². The van der Waals surface area contributed by atoms with Gasteiger partial charge in [0.05, 0.1) is 6.67 Å². The molecule has 156 valence electrons. The van der Waals surface area contributed by atoms with E-state index >= 15 is 0 Å². The predicted octanol–water partition coefficient (Wildman–Crippen LogP) is 7.39. The van der Waals surface area contributed by atoms with Gasteiger partial charge in [0.2, 0.25) is 0 Å². The van der Waals surface area contributed by atoms with Gasteiger partial charge in [0.1, 0.15) is 0 Å². The first-order valence-corrected chi connectivity index (χ1v) is 11.0. The molecule has 2 nitrogen and oxygen atoms in total. The van der Waals surface area contributed by atoms with Crippen molar-refractivity contribution < 1.29 is 0 Å². The SMILES string of the molecule is CC1=C(C)N(c2c(C(C)C)cccc2C(C)C)CN1Cc1c(C)cc(C)cc1C. The molecule has 1 aliphatic rings. The van der Waals surface area contributed by atoms with Crippen LogP contribution < -0.4 is 4.90 Å². The van der Waals surface area contributed by atoms with Crippen molar-refractivity contribution in [3.05, 3.63) is 75.1 Å². The second kappa shape index (κ2) is 8.26. The Kier molecular flexibility index (Phi) is 6.12. The molecule has 2 aromatic rings. The maximum Gasteiger partial charge on any atom is 0.0950 e. The molecule has 1 aliphatic heterocycles. The molecule has 3 rings (SSSR count). The minimum atomic E-state index is 0.507. The summed E-state index contributed by atoms with van der Waals surface area (Å²) in [5, 5.41) is 0. The van der Waals surface area contributed by atoms with Gasteiger partial charge >= 0.3 is 0 Å². The van der Waals surface area contributed by atoms with E-state index < -0.39 is 0 Å². The van der Waals surface area contributed by atoms with Crippen LogP contribution in [-0.2, 0) is 6.54 Å². The smallest absolute Gasteiger partial charge is 0.0950 e. The van der Waals surface area contributed by atoms with E-state index in [1.807, 2.05) is 0 Å². The zero-order valence-corrected chi connectivity index (χ0v) is 19.9. The average Bonchev–Trinajstić information content (AvgIpc) is 2.92. The highest BCUT2D eigenvalue weighted by Gasteiger charge is 2.29. The van der Waals surface area contributed by atoms with Crippen molar-refractivity contribution in [2.45, 2.75) is 80.7 Å². The van der Waals surface area contributed by atoms with Gasteiger partial charge in [-0.3, -0.25) is 0 Å². The fourth-order valence-corrected chi connectivity index (χ4v) is 4.69. The van der Waals surface area contributed by atoms with Crippen molar-refractivity contribution in [2.75, 3.05) is 11.6 Å². The largest absolute Gasteiger partial charge is 0.351 e. The fraction of sp³-hybridized carbons (Fsp3) is 0.481. The molecule has 0 aromatic heterocycles. The molecule has 1 heterocycles. The van der Waals surface area contributed by atoms with E-state index in [0.717, 1.165) is 13.2 Å². The van der Waals surface area contributed by atoms with Crippen molar-refractivity contribution in [2.24, 2.45) is 0 Å². The van der Waals surface area contributed by atoms with E-state index in [2.05, 4.69) is 102 Å². The van der Waals surface area contributed by atoms with Crippen molar-refractivity contribution in [1.29, 1.82) is 0 Å². The quantitative estimate of drug-likeness (QED) is 0.525. The fourth-order valence-electron chi connectivity index (χ4n) is 4.69. The van der Waals surface area contributed by atoms with Crippen LogP contribution in [0.3, 0.4) is 0 Å². The third kappa shape index (κ3) is 4.08. The highest BCUT2D eigenvalue weighted by atomic mass is 15.4. The van der Waals surface area contributed by atoms with Gasteiger partial charge in [-0.2, -0.15) is 0 Å². The molecule has 0 saturated heterocycles. The van der Waals surface area contributed by atoms with Gasteiger partial charge in [0.25, 0.3) is 0 Å². The van der Waals surface area contributed by atoms with Crippen LogP contribution >= 0.6 is 0 Å². The summed E-state index contributed by atoms with van der Waals surface area (Å²) in [4.78, 5) is 5.10. The topological polar surface area (TPSA) is 6.48 Å². The molecule has 0 unspecified atom stereocenters. The molecule has 0 aliphatic carbocycles. The minimum absolute atomic E-state index is 0.507. The number of rotatable bonds is 5. The first-order chi connectivity index (χ1) is 13.6. The second-order valence-electron chi connectivity index (χ2n) is 9.41. The van der Waals surface area contributed by atoms with E-state index in [-0.39, 0.29) is 0 Å². The molecule has 29 heavy (non-hydrogen) atoms. The van der Waals surface area contributed by atoms with Gasteiger partial charge in [-0.25, -0.2) is 0 Å². The van der Waals surface area contributed by atoms with Crippen LogP contribution in [0, 0.1) is 20.8 Å². The number of aryl methyl sites for hydroxylation is 3. The second-order valence-corrected chi connectivity index (χ2v) is 9.41. The normalized spacial score (nSPS) is 14.7. The summed E-state index contributed by atoms with van der Waals surface area (Å²) in [5.74, 6) is 1.01. The van der Waals surface area contributed by atoms with Crippen molar-refractivity contribution in [1.82, 2.24) is 4.90 Å². The Morgan fingerprint density at radius 1 is 0.793 bits per heavy atom. The number of hydrogen-bond donors (Lipinski definition) is 0. The molecule has 2 heteroatoms. The lowest BCUT2D eigenvalue weighted by Crippen LogP contribution is -2.29. The van der Waals surface area contributed by atoms with Crippen molar-refractivity contribution in [3.8, 4) is 0 Å². The molecule has 0 saturated carbocycles. The van der Waals surface area contributed by atoms with Crippen LogP contribution in [-0.4, -0.2) is 11.6 Å². The lowest BCUT2D eigenvalue weighted by atomic mass is 9.92. The predicted molar refractivity (Wildman–Crippen MR) is 127 cm³/mol. The third-order valence-electron chi connectivity index (χ3n) is 6.52. The first kappa shape index (κ1) is 21.5. The molecule has 0 spiro atoms. The summed E-state index contributed by atoms with van der Waals surface area (Å²) in [5.41, 5.74) is 12.7. The molecule has 2 aromatic carbocycles. The van der Waals surface area contributed by atoms with E-state index in [4.69, 9.17) is 0 Å². The molecular weight excluding hydrogens is 352 g/mol. The number of anilines is 1. The van der Waals surface area contributed by atoms with Gasteiger partial charge in [-0.05, 0) is 74.3 Å². The highest BCUT2D eigenvalue weighted by molar-refractivity contribution is 5.66. The van der Waals surface area contributed by atoms with E-state index in [1.54, 1.807) is 0 Å². The maximum absolute atomic E-state index is 2.55. The molecular formula is C27H38N2. The number of benzene rings is 2. The highest BCUT2D eigenvalue weighted by Crippen LogP contribution is 2.40. The zero-order valence-electron chi connectivity index (χ0n) is 19.9. The Morgan fingerprint density at radius 2 is 1.31 bits per heavy atom. The molecule has 0 N–H and O–H groups in total.